The highest BCUT2D eigenvalue weighted by atomic mass is 16.6. The largest absolute Gasteiger partial charge is 0.507 e. The van der Waals surface area contributed by atoms with Crippen molar-refractivity contribution in [2.75, 3.05) is 25.7 Å². The lowest BCUT2D eigenvalue weighted by Gasteiger charge is -2.26. The Hall–Kier alpha value is -4.86. The number of Topliss-reactive ketones (excluding diaryl/α,β-unsaturated/α-hetero) is 1. The van der Waals surface area contributed by atoms with Gasteiger partial charge in [0.05, 0.1) is 37.4 Å². The van der Waals surface area contributed by atoms with Gasteiger partial charge >= 0.3 is 0 Å². The molecule has 1 atom stereocenters. The first-order chi connectivity index (χ1) is 17.8. The van der Waals surface area contributed by atoms with E-state index in [1.165, 1.54) is 37.3 Å². The van der Waals surface area contributed by atoms with Gasteiger partial charge in [-0.1, -0.05) is 18.2 Å². The van der Waals surface area contributed by atoms with Crippen LogP contribution in [0.1, 0.15) is 24.1 Å². The molecule has 1 aliphatic rings. The molecular weight excluding hydrogens is 480 g/mol. The maximum absolute atomic E-state index is 13.3. The molecule has 1 aliphatic heterocycles. The summed E-state index contributed by atoms with van der Waals surface area (Å²) < 4.78 is 16.3. The second-order valence-corrected chi connectivity index (χ2v) is 8.02. The number of methoxy groups -OCH3 is 2. The highest BCUT2D eigenvalue weighted by molar-refractivity contribution is 6.51. The topological polar surface area (TPSA) is 128 Å². The van der Waals surface area contributed by atoms with Crippen LogP contribution in [-0.4, -0.2) is 42.5 Å². The molecule has 1 heterocycles. The molecular formula is C27H24N2O8. The van der Waals surface area contributed by atoms with E-state index >= 15 is 0 Å². The Morgan fingerprint density at radius 1 is 1.00 bits per heavy atom. The summed E-state index contributed by atoms with van der Waals surface area (Å²) in [7, 11) is 3.00. The molecule has 10 nitrogen and oxygen atoms in total. The van der Waals surface area contributed by atoms with E-state index in [2.05, 4.69) is 0 Å². The molecule has 0 aliphatic carbocycles. The quantitative estimate of drug-likeness (QED) is 0.155. The molecule has 0 saturated carbocycles. The summed E-state index contributed by atoms with van der Waals surface area (Å²) >= 11 is 0. The molecule has 10 heteroatoms. The SMILES string of the molecule is CCOc1cc(C2/C(=C(\O)c3cccc([N+](=O)[O-])c3)C(=O)C(=O)N2c2ccc(OC)cc2)ccc1OC. The summed E-state index contributed by atoms with van der Waals surface area (Å²) in [6.07, 6.45) is 0. The predicted octanol–water partition coefficient (Wildman–Crippen LogP) is 4.64. The van der Waals surface area contributed by atoms with Crippen LogP contribution in [0, 0.1) is 10.1 Å². The first-order valence-electron chi connectivity index (χ1n) is 11.3. The highest BCUT2D eigenvalue weighted by Crippen LogP contribution is 2.44. The molecule has 3 aromatic rings. The smallest absolute Gasteiger partial charge is 0.300 e. The normalized spacial score (nSPS) is 16.5. The van der Waals surface area contributed by atoms with Gasteiger partial charge in [-0.15, -0.1) is 0 Å². The third-order valence-corrected chi connectivity index (χ3v) is 5.93. The van der Waals surface area contributed by atoms with Gasteiger partial charge in [-0.2, -0.15) is 0 Å². The Bertz CT molecular complexity index is 1400. The molecule has 4 rings (SSSR count). The standard InChI is InChI=1S/C27H24N2O8/c1-4-37-22-15-16(8-13-21(22)36-3)24-23(25(30)17-6-5-7-19(14-17)29(33)34)26(31)27(32)28(24)18-9-11-20(35-2)12-10-18/h5-15,24,30H,4H2,1-3H3/b25-23+. The van der Waals surface area contributed by atoms with Crippen molar-refractivity contribution in [1.29, 1.82) is 0 Å². The number of non-ortho nitro benzene ring substituents is 1. The second kappa shape index (κ2) is 10.4. The molecule has 0 aromatic heterocycles. The zero-order valence-corrected chi connectivity index (χ0v) is 20.3. The molecule has 1 fully saturated rings. The number of amides is 1. The number of nitro benzene ring substituents is 1. The van der Waals surface area contributed by atoms with Crippen molar-refractivity contribution in [3.8, 4) is 17.2 Å². The summed E-state index contributed by atoms with van der Waals surface area (Å²) in [5.74, 6) is -0.938. The fourth-order valence-electron chi connectivity index (χ4n) is 4.21. The van der Waals surface area contributed by atoms with Crippen LogP contribution in [0.2, 0.25) is 0 Å². The number of hydrogen-bond donors (Lipinski definition) is 1. The summed E-state index contributed by atoms with van der Waals surface area (Å²) in [6, 6.07) is 15.6. The van der Waals surface area contributed by atoms with Crippen LogP contribution in [0.5, 0.6) is 17.2 Å². The Morgan fingerprint density at radius 3 is 2.35 bits per heavy atom. The number of anilines is 1. The van der Waals surface area contributed by atoms with E-state index in [4.69, 9.17) is 14.2 Å². The number of carbonyl (C=O) groups is 2. The van der Waals surface area contributed by atoms with Crippen LogP contribution in [-0.2, 0) is 9.59 Å². The van der Waals surface area contributed by atoms with Crippen molar-refractivity contribution < 1.29 is 33.8 Å². The number of hydrogen-bond acceptors (Lipinski definition) is 8. The number of nitro groups is 1. The predicted molar refractivity (Wildman–Crippen MR) is 135 cm³/mol. The molecule has 1 saturated heterocycles. The molecule has 37 heavy (non-hydrogen) atoms. The van der Waals surface area contributed by atoms with Crippen molar-refractivity contribution in [3.63, 3.8) is 0 Å². The van der Waals surface area contributed by atoms with Crippen LogP contribution in [0.4, 0.5) is 11.4 Å². The summed E-state index contributed by atoms with van der Waals surface area (Å²) in [4.78, 5) is 38.6. The lowest BCUT2D eigenvalue weighted by Crippen LogP contribution is -2.29. The minimum atomic E-state index is -1.06. The van der Waals surface area contributed by atoms with E-state index in [-0.39, 0.29) is 16.8 Å². The number of rotatable bonds is 8. The van der Waals surface area contributed by atoms with E-state index in [0.717, 1.165) is 6.07 Å². The van der Waals surface area contributed by atoms with E-state index in [0.29, 0.717) is 35.1 Å². The highest BCUT2D eigenvalue weighted by Gasteiger charge is 2.47. The lowest BCUT2D eigenvalue weighted by atomic mass is 9.94. The van der Waals surface area contributed by atoms with Crippen LogP contribution >= 0.6 is 0 Å². The number of benzene rings is 3. The van der Waals surface area contributed by atoms with Gasteiger partial charge in [0.1, 0.15) is 11.5 Å². The van der Waals surface area contributed by atoms with Gasteiger partial charge in [0, 0.05) is 23.4 Å². The fraction of sp³-hybridized carbons (Fsp3) is 0.185. The molecule has 1 amide bonds. The first-order valence-corrected chi connectivity index (χ1v) is 11.3. The Labute approximate surface area is 212 Å². The number of carbonyl (C=O) groups excluding carboxylic acids is 2. The van der Waals surface area contributed by atoms with Crippen LogP contribution in [0.3, 0.4) is 0 Å². The van der Waals surface area contributed by atoms with Crippen molar-refractivity contribution in [2.45, 2.75) is 13.0 Å². The number of aliphatic hydroxyl groups is 1. The van der Waals surface area contributed by atoms with Gasteiger partial charge in [-0.25, -0.2) is 0 Å². The minimum absolute atomic E-state index is 0.0328. The summed E-state index contributed by atoms with van der Waals surface area (Å²) in [5.41, 5.74) is 0.401. The Balaban J connectivity index is 1.96. The summed E-state index contributed by atoms with van der Waals surface area (Å²) in [5, 5.41) is 22.5. The Morgan fingerprint density at radius 2 is 1.73 bits per heavy atom. The first kappa shape index (κ1) is 25.2. The van der Waals surface area contributed by atoms with Crippen LogP contribution in [0.25, 0.3) is 5.76 Å². The number of ether oxygens (including phenoxy) is 3. The monoisotopic (exact) mass is 504 g/mol. The maximum atomic E-state index is 13.3. The van der Waals surface area contributed by atoms with Gasteiger partial charge in [0.2, 0.25) is 0 Å². The fourth-order valence-corrected chi connectivity index (χ4v) is 4.21. The van der Waals surface area contributed by atoms with Crippen LogP contribution in [0.15, 0.2) is 72.3 Å². The zero-order valence-electron chi connectivity index (χ0n) is 20.3. The summed E-state index contributed by atoms with van der Waals surface area (Å²) in [6.45, 7) is 2.14. The number of nitrogens with zero attached hydrogens (tertiary/aromatic N) is 2. The van der Waals surface area contributed by atoms with Crippen molar-refractivity contribution in [2.24, 2.45) is 0 Å². The third kappa shape index (κ3) is 4.68. The van der Waals surface area contributed by atoms with E-state index in [1.807, 2.05) is 0 Å². The minimum Gasteiger partial charge on any atom is -0.507 e. The molecule has 0 radical (unpaired) electrons. The van der Waals surface area contributed by atoms with Crippen molar-refractivity contribution in [3.05, 3.63) is 93.5 Å². The van der Waals surface area contributed by atoms with Gasteiger partial charge in [-0.3, -0.25) is 24.6 Å². The zero-order chi connectivity index (χ0) is 26.7. The molecule has 0 spiro atoms. The number of aliphatic hydroxyl groups excluding tert-OH is 1. The average Bonchev–Trinajstić information content (AvgIpc) is 3.18. The molecule has 1 N–H and O–H groups in total. The van der Waals surface area contributed by atoms with Crippen molar-refractivity contribution >= 4 is 28.8 Å². The molecule has 0 bridgehead atoms. The van der Waals surface area contributed by atoms with Gasteiger partial charge in [0.25, 0.3) is 17.4 Å². The maximum Gasteiger partial charge on any atom is 0.300 e. The third-order valence-electron chi connectivity index (χ3n) is 5.93. The van der Waals surface area contributed by atoms with E-state index < -0.39 is 28.4 Å². The second-order valence-electron chi connectivity index (χ2n) is 8.02. The van der Waals surface area contributed by atoms with E-state index in [9.17, 15) is 24.8 Å². The van der Waals surface area contributed by atoms with Gasteiger partial charge in [0.15, 0.2) is 11.5 Å². The Kier molecular flexibility index (Phi) is 7.10. The lowest BCUT2D eigenvalue weighted by molar-refractivity contribution is -0.384. The average molecular weight is 504 g/mol. The van der Waals surface area contributed by atoms with Crippen molar-refractivity contribution in [1.82, 2.24) is 0 Å². The van der Waals surface area contributed by atoms with Gasteiger partial charge < -0.3 is 19.3 Å². The molecule has 190 valence electrons. The van der Waals surface area contributed by atoms with Crippen LogP contribution < -0.4 is 19.1 Å². The number of ketones is 1. The molecule has 3 aromatic carbocycles. The van der Waals surface area contributed by atoms with E-state index in [1.54, 1.807) is 49.4 Å². The molecule has 1 unspecified atom stereocenters. The van der Waals surface area contributed by atoms with Gasteiger partial charge in [-0.05, 0) is 48.9 Å².